The summed E-state index contributed by atoms with van der Waals surface area (Å²) in [5.41, 5.74) is 1.48. The fourth-order valence-corrected chi connectivity index (χ4v) is 3.18. The van der Waals surface area contributed by atoms with Crippen LogP contribution < -0.4 is 4.90 Å². The predicted octanol–water partition coefficient (Wildman–Crippen LogP) is 1.10. The highest BCUT2D eigenvalue weighted by Crippen LogP contribution is 2.30. The van der Waals surface area contributed by atoms with Crippen molar-refractivity contribution in [2.24, 2.45) is 0 Å². The van der Waals surface area contributed by atoms with Crippen molar-refractivity contribution < 1.29 is 23.1 Å². The zero-order valence-electron chi connectivity index (χ0n) is 11.7. The molecule has 6 nitrogen and oxygen atoms in total. The Morgan fingerprint density at radius 3 is 2.71 bits per heavy atom. The van der Waals surface area contributed by atoms with Crippen molar-refractivity contribution in [2.45, 2.75) is 19.8 Å². The van der Waals surface area contributed by atoms with Crippen molar-refractivity contribution >= 4 is 27.4 Å². The van der Waals surface area contributed by atoms with Crippen LogP contribution >= 0.6 is 0 Å². The van der Waals surface area contributed by atoms with Crippen LogP contribution in [0.4, 0.5) is 5.69 Å². The lowest BCUT2D eigenvalue weighted by Gasteiger charge is -2.17. The number of hydrogen-bond donors (Lipinski definition) is 1. The number of carboxylic acid groups (broad SMARTS) is 1. The third-order valence-corrected chi connectivity index (χ3v) is 5.33. The molecular formula is C14H17NO5S. The van der Waals surface area contributed by atoms with Gasteiger partial charge in [0, 0.05) is 18.0 Å². The minimum atomic E-state index is -3.06. The Hall–Kier alpha value is -1.89. The molecule has 0 atom stereocenters. The number of sulfone groups is 1. The van der Waals surface area contributed by atoms with Crippen LogP contribution in [0.25, 0.3) is 0 Å². The number of rotatable bonds is 6. The molecule has 0 unspecified atom stereocenters. The van der Waals surface area contributed by atoms with Gasteiger partial charge in [0.2, 0.25) is 5.91 Å². The number of benzene rings is 1. The van der Waals surface area contributed by atoms with E-state index < -0.39 is 15.8 Å². The first-order chi connectivity index (χ1) is 9.84. The molecule has 1 aromatic rings. The third kappa shape index (κ3) is 3.41. The maximum atomic E-state index is 12.0. The van der Waals surface area contributed by atoms with E-state index in [0.717, 1.165) is 5.56 Å². The van der Waals surface area contributed by atoms with Gasteiger partial charge >= 0.3 is 5.97 Å². The minimum absolute atomic E-state index is 0.0290. The van der Waals surface area contributed by atoms with Gasteiger partial charge in [0.1, 0.15) is 9.84 Å². The van der Waals surface area contributed by atoms with Gasteiger partial charge in [-0.25, -0.2) is 13.2 Å². The topological polar surface area (TPSA) is 91.8 Å². The van der Waals surface area contributed by atoms with Crippen molar-refractivity contribution in [3.63, 3.8) is 0 Å². The highest BCUT2D eigenvalue weighted by Gasteiger charge is 2.28. The van der Waals surface area contributed by atoms with Gasteiger partial charge in [-0.15, -0.1) is 0 Å². The molecule has 0 aliphatic carbocycles. The molecule has 0 bridgehead atoms. The molecule has 0 spiro atoms. The standard InChI is InChI=1S/C14H17NO5S/c1-2-21(19,20)7-3-6-15-12-8-11(14(17)18)5-4-10(12)9-13(15)16/h4-5,8H,2-3,6-7,9H2,1H3,(H,17,18). The number of hydrogen-bond acceptors (Lipinski definition) is 4. The van der Waals surface area contributed by atoms with Crippen molar-refractivity contribution in [1.82, 2.24) is 0 Å². The normalized spacial score (nSPS) is 14.3. The van der Waals surface area contributed by atoms with Gasteiger partial charge in [-0.2, -0.15) is 0 Å². The second-order valence-corrected chi connectivity index (χ2v) is 7.43. The van der Waals surface area contributed by atoms with Gasteiger partial charge in [0.05, 0.1) is 17.7 Å². The Bertz CT molecular complexity index is 681. The quantitative estimate of drug-likeness (QED) is 0.849. The van der Waals surface area contributed by atoms with Gasteiger partial charge in [-0.05, 0) is 24.1 Å². The van der Waals surface area contributed by atoms with Crippen molar-refractivity contribution in [2.75, 3.05) is 23.0 Å². The molecule has 21 heavy (non-hydrogen) atoms. The zero-order valence-corrected chi connectivity index (χ0v) is 12.5. The first-order valence-electron chi connectivity index (χ1n) is 6.71. The summed E-state index contributed by atoms with van der Waals surface area (Å²) >= 11 is 0. The van der Waals surface area contributed by atoms with E-state index in [4.69, 9.17) is 5.11 Å². The largest absolute Gasteiger partial charge is 0.478 e. The van der Waals surface area contributed by atoms with E-state index in [2.05, 4.69) is 0 Å². The maximum Gasteiger partial charge on any atom is 0.335 e. The zero-order chi connectivity index (χ0) is 15.6. The van der Waals surface area contributed by atoms with E-state index >= 15 is 0 Å². The average molecular weight is 311 g/mol. The molecule has 1 aliphatic rings. The van der Waals surface area contributed by atoms with Crippen LogP contribution in [-0.2, 0) is 21.1 Å². The third-order valence-electron chi connectivity index (χ3n) is 3.54. The van der Waals surface area contributed by atoms with Crippen LogP contribution in [0, 0.1) is 0 Å². The fourth-order valence-electron chi connectivity index (χ4n) is 2.32. The molecule has 1 heterocycles. The summed E-state index contributed by atoms with van der Waals surface area (Å²) in [6.45, 7) is 1.87. The smallest absolute Gasteiger partial charge is 0.335 e. The number of carbonyl (C=O) groups excluding carboxylic acids is 1. The van der Waals surface area contributed by atoms with Crippen molar-refractivity contribution in [3.05, 3.63) is 29.3 Å². The number of carbonyl (C=O) groups is 2. The Morgan fingerprint density at radius 1 is 1.38 bits per heavy atom. The summed E-state index contributed by atoms with van der Waals surface area (Å²) < 4.78 is 22.9. The number of fused-ring (bicyclic) bond motifs is 1. The summed E-state index contributed by atoms with van der Waals surface area (Å²) in [5.74, 6) is -1.06. The average Bonchev–Trinajstić information content (AvgIpc) is 2.74. The van der Waals surface area contributed by atoms with Crippen LogP contribution in [0.1, 0.15) is 29.3 Å². The molecule has 1 amide bonds. The molecule has 0 radical (unpaired) electrons. The fraction of sp³-hybridized carbons (Fsp3) is 0.429. The van der Waals surface area contributed by atoms with Crippen LogP contribution in [0.5, 0.6) is 0 Å². The van der Waals surface area contributed by atoms with Crippen LogP contribution in [0.15, 0.2) is 18.2 Å². The molecule has 7 heteroatoms. The monoisotopic (exact) mass is 311 g/mol. The van der Waals surface area contributed by atoms with E-state index in [1.807, 2.05) is 0 Å². The highest BCUT2D eigenvalue weighted by molar-refractivity contribution is 7.91. The molecule has 1 aromatic carbocycles. The lowest BCUT2D eigenvalue weighted by atomic mass is 10.1. The summed E-state index contributed by atoms with van der Waals surface area (Å²) in [6, 6.07) is 4.58. The van der Waals surface area contributed by atoms with Crippen LogP contribution in [-0.4, -0.2) is 43.5 Å². The molecule has 0 saturated heterocycles. The Labute approximate surface area is 123 Å². The first kappa shape index (κ1) is 15.5. The van der Waals surface area contributed by atoms with Crippen molar-refractivity contribution in [1.29, 1.82) is 0 Å². The molecule has 1 N–H and O–H groups in total. The number of aromatic carboxylic acids is 1. The Morgan fingerprint density at radius 2 is 2.10 bits per heavy atom. The second-order valence-electron chi connectivity index (χ2n) is 4.96. The summed E-state index contributed by atoms with van der Waals surface area (Å²) in [4.78, 5) is 24.4. The van der Waals surface area contributed by atoms with E-state index in [0.29, 0.717) is 12.1 Å². The van der Waals surface area contributed by atoms with Crippen LogP contribution in [0.2, 0.25) is 0 Å². The first-order valence-corrected chi connectivity index (χ1v) is 8.53. The van der Waals surface area contributed by atoms with Crippen molar-refractivity contribution in [3.8, 4) is 0 Å². The molecule has 2 rings (SSSR count). The minimum Gasteiger partial charge on any atom is -0.478 e. The number of carboxylic acids is 1. The molecule has 0 fully saturated rings. The number of nitrogens with zero attached hydrogens (tertiary/aromatic N) is 1. The predicted molar refractivity (Wildman–Crippen MR) is 78.4 cm³/mol. The number of anilines is 1. The Kier molecular flexibility index (Phi) is 4.32. The van der Waals surface area contributed by atoms with Gasteiger partial charge < -0.3 is 10.0 Å². The van der Waals surface area contributed by atoms with Gasteiger partial charge in [-0.1, -0.05) is 13.0 Å². The second kappa shape index (κ2) is 5.85. The van der Waals surface area contributed by atoms with E-state index in [1.165, 1.54) is 17.0 Å². The van der Waals surface area contributed by atoms with Crippen LogP contribution in [0.3, 0.4) is 0 Å². The molecule has 1 aliphatic heterocycles. The van der Waals surface area contributed by atoms with Gasteiger partial charge in [0.25, 0.3) is 0 Å². The number of amides is 1. The van der Waals surface area contributed by atoms with E-state index in [9.17, 15) is 18.0 Å². The summed E-state index contributed by atoms with van der Waals surface area (Å²) in [7, 11) is -3.06. The lowest BCUT2D eigenvalue weighted by molar-refractivity contribution is -0.117. The van der Waals surface area contributed by atoms with E-state index in [1.54, 1.807) is 13.0 Å². The Balaban J connectivity index is 2.14. The summed E-state index contributed by atoms with van der Waals surface area (Å²) in [6.07, 6.45) is 0.578. The van der Waals surface area contributed by atoms with Gasteiger partial charge in [-0.3, -0.25) is 4.79 Å². The maximum absolute atomic E-state index is 12.0. The molecule has 0 saturated carbocycles. The lowest BCUT2D eigenvalue weighted by Crippen LogP contribution is -2.29. The highest BCUT2D eigenvalue weighted by atomic mass is 32.2. The molecule has 114 valence electrons. The SMILES string of the molecule is CCS(=O)(=O)CCCN1C(=O)Cc2ccc(C(=O)O)cc21. The summed E-state index contributed by atoms with van der Waals surface area (Å²) in [5, 5.41) is 9.00. The molecular weight excluding hydrogens is 294 g/mol. The molecule has 0 aromatic heterocycles. The van der Waals surface area contributed by atoms with E-state index in [-0.39, 0.29) is 35.9 Å². The van der Waals surface area contributed by atoms with Gasteiger partial charge in [0.15, 0.2) is 0 Å².